The van der Waals surface area contributed by atoms with Crippen LogP contribution in [0, 0.1) is 5.92 Å². The number of hydrogen-bond donors (Lipinski definition) is 1. The van der Waals surface area contributed by atoms with Gasteiger partial charge in [-0.05, 0) is 30.2 Å². The van der Waals surface area contributed by atoms with Crippen LogP contribution in [0.15, 0.2) is 48.9 Å². The quantitative estimate of drug-likeness (QED) is 0.908. The summed E-state index contributed by atoms with van der Waals surface area (Å²) >= 11 is 0. The minimum atomic E-state index is -0.105. The Bertz CT molecular complexity index is 678. The lowest BCUT2D eigenvalue weighted by molar-refractivity contribution is 0.181. The highest BCUT2D eigenvalue weighted by Gasteiger charge is 2.30. The van der Waals surface area contributed by atoms with E-state index in [1.807, 2.05) is 30.3 Å². The first-order chi connectivity index (χ1) is 12.1. The van der Waals surface area contributed by atoms with Crippen LogP contribution in [0.5, 0.6) is 5.75 Å². The Kier molecular flexibility index (Phi) is 5.48. The summed E-state index contributed by atoms with van der Waals surface area (Å²) in [6, 6.07) is 9.32. The summed E-state index contributed by atoms with van der Waals surface area (Å²) in [5, 5.41) is 3.12. The van der Waals surface area contributed by atoms with E-state index in [2.05, 4.69) is 29.1 Å². The number of amides is 2. The Hall–Kier alpha value is -2.63. The zero-order valence-corrected chi connectivity index (χ0v) is 14.6. The molecule has 2 atom stereocenters. The highest BCUT2D eigenvalue weighted by Crippen LogP contribution is 2.22. The second-order valence-electron chi connectivity index (χ2n) is 6.59. The maximum absolute atomic E-state index is 12.7. The van der Waals surface area contributed by atoms with E-state index in [9.17, 15) is 4.79 Å². The van der Waals surface area contributed by atoms with Crippen LogP contribution in [0.2, 0.25) is 0 Å². The van der Waals surface area contributed by atoms with Crippen LogP contribution in [-0.2, 0) is 0 Å². The van der Waals surface area contributed by atoms with E-state index in [1.54, 1.807) is 23.5 Å². The summed E-state index contributed by atoms with van der Waals surface area (Å²) in [5.41, 5.74) is 0.883. The van der Waals surface area contributed by atoms with Crippen LogP contribution in [0.4, 0.5) is 4.79 Å². The van der Waals surface area contributed by atoms with Gasteiger partial charge in [0.1, 0.15) is 11.9 Å². The number of pyridine rings is 2. The van der Waals surface area contributed by atoms with E-state index >= 15 is 0 Å². The minimum absolute atomic E-state index is 0.00213. The molecule has 2 aromatic rings. The molecule has 1 aliphatic rings. The molecule has 6 heteroatoms. The van der Waals surface area contributed by atoms with Crippen LogP contribution in [0.3, 0.4) is 0 Å². The number of hydrogen-bond acceptors (Lipinski definition) is 4. The van der Waals surface area contributed by atoms with E-state index in [0.29, 0.717) is 13.1 Å². The fourth-order valence-corrected chi connectivity index (χ4v) is 2.98. The number of nitrogens with zero attached hydrogens (tertiary/aromatic N) is 3. The average molecular weight is 340 g/mol. The number of carbonyl (C=O) groups is 1. The van der Waals surface area contributed by atoms with Crippen molar-refractivity contribution < 1.29 is 9.53 Å². The van der Waals surface area contributed by atoms with Gasteiger partial charge in [-0.15, -0.1) is 0 Å². The third kappa shape index (κ3) is 4.47. The average Bonchev–Trinajstić information content (AvgIpc) is 3.09. The number of likely N-dealkylation sites (tertiary alicyclic amines) is 1. The first kappa shape index (κ1) is 17.2. The van der Waals surface area contributed by atoms with Gasteiger partial charge in [0.15, 0.2) is 0 Å². The Morgan fingerprint density at radius 1 is 1.28 bits per heavy atom. The van der Waals surface area contributed by atoms with Crippen molar-refractivity contribution in [2.75, 3.05) is 13.1 Å². The summed E-state index contributed by atoms with van der Waals surface area (Å²) < 4.78 is 5.90. The number of rotatable bonds is 5. The normalized spacial score (nSPS) is 18.2. The lowest BCUT2D eigenvalue weighted by Gasteiger charge is -2.25. The molecule has 1 N–H and O–H groups in total. The SMILES string of the molecule is CC(C)[C@@H](NC(=O)N1CC[C@H](Oc2cccnc2)C1)c1ccccn1. The molecule has 0 aliphatic carbocycles. The molecule has 1 aliphatic heterocycles. The van der Waals surface area contributed by atoms with Gasteiger partial charge in [0.05, 0.1) is 24.5 Å². The monoisotopic (exact) mass is 340 g/mol. The van der Waals surface area contributed by atoms with E-state index in [1.165, 1.54) is 0 Å². The zero-order chi connectivity index (χ0) is 17.6. The van der Waals surface area contributed by atoms with Gasteiger partial charge >= 0.3 is 6.03 Å². The molecule has 0 saturated carbocycles. The van der Waals surface area contributed by atoms with Gasteiger partial charge in [-0.2, -0.15) is 0 Å². The fraction of sp³-hybridized carbons (Fsp3) is 0.421. The summed E-state index contributed by atoms with van der Waals surface area (Å²) in [5.74, 6) is 0.993. The Balaban J connectivity index is 1.58. The number of nitrogens with one attached hydrogen (secondary N) is 1. The van der Waals surface area contributed by atoms with Crippen LogP contribution in [-0.4, -0.2) is 40.1 Å². The standard InChI is InChI=1S/C19H24N4O2/c1-14(2)18(17-7-3-4-10-21-17)22-19(24)23-11-8-16(13-23)25-15-6-5-9-20-12-15/h3-7,9-10,12,14,16,18H,8,11,13H2,1-2H3,(H,22,24)/t16-,18+/m0/s1. The van der Waals surface area contributed by atoms with Gasteiger partial charge in [-0.3, -0.25) is 9.97 Å². The van der Waals surface area contributed by atoms with Crippen molar-refractivity contribution >= 4 is 6.03 Å². The number of aromatic nitrogens is 2. The lowest BCUT2D eigenvalue weighted by atomic mass is 10.0. The molecule has 0 unspecified atom stereocenters. The fourth-order valence-electron chi connectivity index (χ4n) is 2.98. The van der Waals surface area contributed by atoms with Crippen LogP contribution in [0.1, 0.15) is 32.0 Å². The molecule has 25 heavy (non-hydrogen) atoms. The Morgan fingerprint density at radius 3 is 2.84 bits per heavy atom. The molecule has 0 radical (unpaired) electrons. The zero-order valence-electron chi connectivity index (χ0n) is 14.6. The van der Waals surface area contributed by atoms with Crippen molar-refractivity contribution in [3.8, 4) is 5.75 Å². The second kappa shape index (κ2) is 7.96. The Morgan fingerprint density at radius 2 is 2.16 bits per heavy atom. The number of carbonyl (C=O) groups excluding carboxylic acids is 1. The van der Waals surface area contributed by atoms with Crippen molar-refractivity contribution in [2.24, 2.45) is 5.92 Å². The molecule has 3 heterocycles. The molecule has 0 aromatic carbocycles. The van der Waals surface area contributed by atoms with Crippen LogP contribution < -0.4 is 10.1 Å². The summed E-state index contributed by atoms with van der Waals surface area (Å²) in [4.78, 5) is 22.9. The minimum Gasteiger partial charge on any atom is -0.487 e. The summed E-state index contributed by atoms with van der Waals surface area (Å²) in [6.07, 6.45) is 5.98. The van der Waals surface area contributed by atoms with E-state index in [4.69, 9.17) is 4.74 Å². The second-order valence-corrected chi connectivity index (χ2v) is 6.59. The number of urea groups is 1. The van der Waals surface area contributed by atoms with E-state index in [0.717, 1.165) is 17.9 Å². The molecule has 132 valence electrons. The van der Waals surface area contributed by atoms with Gasteiger partial charge in [-0.25, -0.2) is 4.79 Å². The molecule has 2 aromatic heterocycles. The highest BCUT2D eigenvalue weighted by molar-refractivity contribution is 5.75. The van der Waals surface area contributed by atoms with Gasteiger partial charge in [0.2, 0.25) is 0 Å². The molecule has 0 spiro atoms. The predicted octanol–water partition coefficient (Wildman–Crippen LogP) is 3.04. The molecule has 3 rings (SSSR count). The van der Waals surface area contributed by atoms with Crippen molar-refractivity contribution in [3.05, 3.63) is 54.6 Å². The first-order valence-electron chi connectivity index (χ1n) is 8.66. The lowest BCUT2D eigenvalue weighted by Crippen LogP contribution is -2.42. The molecule has 1 fully saturated rings. The van der Waals surface area contributed by atoms with Crippen molar-refractivity contribution in [1.29, 1.82) is 0 Å². The highest BCUT2D eigenvalue weighted by atomic mass is 16.5. The molecular formula is C19H24N4O2. The Labute approximate surface area is 148 Å². The largest absolute Gasteiger partial charge is 0.487 e. The third-order valence-corrected chi connectivity index (χ3v) is 4.32. The smallest absolute Gasteiger partial charge is 0.318 e. The topological polar surface area (TPSA) is 67.4 Å². The summed E-state index contributed by atoms with van der Waals surface area (Å²) in [6.45, 7) is 5.42. The van der Waals surface area contributed by atoms with Crippen molar-refractivity contribution in [1.82, 2.24) is 20.2 Å². The summed E-state index contributed by atoms with van der Waals surface area (Å²) in [7, 11) is 0. The first-order valence-corrected chi connectivity index (χ1v) is 8.66. The number of ether oxygens (including phenoxy) is 1. The van der Waals surface area contributed by atoms with Gasteiger partial charge in [-0.1, -0.05) is 19.9 Å². The predicted molar refractivity (Wildman–Crippen MR) is 95.2 cm³/mol. The molecular weight excluding hydrogens is 316 g/mol. The molecule has 6 nitrogen and oxygen atoms in total. The van der Waals surface area contributed by atoms with Gasteiger partial charge in [0, 0.05) is 25.4 Å². The maximum atomic E-state index is 12.7. The molecule has 2 amide bonds. The van der Waals surface area contributed by atoms with Crippen molar-refractivity contribution in [2.45, 2.75) is 32.4 Å². The molecule has 1 saturated heterocycles. The van der Waals surface area contributed by atoms with Gasteiger partial charge in [0.25, 0.3) is 0 Å². The van der Waals surface area contributed by atoms with Crippen molar-refractivity contribution in [3.63, 3.8) is 0 Å². The maximum Gasteiger partial charge on any atom is 0.318 e. The molecule has 0 bridgehead atoms. The third-order valence-electron chi connectivity index (χ3n) is 4.32. The van der Waals surface area contributed by atoms with Gasteiger partial charge < -0.3 is 15.0 Å². The van der Waals surface area contributed by atoms with E-state index < -0.39 is 0 Å². The van der Waals surface area contributed by atoms with E-state index in [-0.39, 0.29) is 24.1 Å². The van der Waals surface area contributed by atoms with Crippen LogP contribution >= 0.6 is 0 Å². The van der Waals surface area contributed by atoms with Crippen LogP contribution in [0.25, 0.3) is 0 Å².